The standard InChI is InChI=1S/C34H59O13P/c1-3-5-7-8-9-10-11-12-13-14-15-16-17-18-19-20-21-23-28(36)46-26(24-44-27(35)22-6-4-2)25-45-48(42,43)47-34-32(40)30(38)29(37)31(39)33(34)41/h5,7,9-10,12-13,26,29-34,37-41H,3-4,6,8,11,14-25H2,1-2H3,(H,42,43)/b7-5-,10-9-,13-12-. The molecule has 1 aliphatic carbocycles. The Balaban J connectivity index is 2.42. The number of allylic oxidation sites excluding steroid dienone is 6. The van der Waals surface area contributed by atoms with Crippen LogP contribution in [0.15, 0.2) is 36.5 Å². The van der Waals surface area contributed by atoms with Crippen LogP contribution in [0.5, 0.6) is 0 Å². The topological polar surface area (TPSA) is 210 Å². The molecule has 14 heteroatoms. The molecule has 0 aliphatic heterocycles. The summed E-state index contributed by atoms with van der Waals surface area (Å²) in [5.74, 6) is -1.16. The molecule has 13 nitrogen and oxygen atoms in total. The van der Waals surface area contributed by atoms with Crippen LogP contribution in [-0.2, 0) is 32.7 Å². The van der Waals surface area contributed by atoms with Gasteiger partial charge in [-0.15, -0.1) is 0 Å². The van der Waals surface area contributed by atoms with Gasteiger partial charge in [0.2, 0.25) is 0 Å². The van der Waals surface area contributed by atoms with E-state index in [4.69, 9.17) is 18.5 Å². The van der Waals surface area contributed by atoms with E-state index in [2.05, 4.69) is 43.4 Å². The lowest BCUT2D eigenvalue weighted by Crippen LogP contribution is -2.64. The van der Waals surface area contributed by atoms with Gasteiger partial charge in [-0.2, -0.15) is 0 Å². The molecule has 1 aliphatic rings. The van der Waals surface area contributed by atoms with Crippen molar-refractivity contribution in [3.63, 3.8) is 0 Å². The molecule has 0 bridgehead atoms. The molecule has 1 fully saturated rings. The van der Waals surface area contributed by atoms with Crippen LogP contribution in [0, 0.1) is 0 Å². The van der Waals surface area contributed by atoms with Crippen LogP contribution in [0.25, 0.3) is 0 Å². The number of hydrogen-bond acceptors (Lipinski definition) is 12. The highest BCUT2D eigenvalue weighted by Gasteiger charge is 2.51. The summed E-state index contributed by atoms with van der Waals surface area (Å²) in [5.41, 5.74) is 0. The van der Waals surface area contributed by atoms with Gasteiger partial charge in [0.25, 0.3) is 0 Å². The van der Waals surface area contributed by atoms with E-state index in [9.17, 15) is 44.6 Å². The zero-order valence-corrected chi connectivity index (χ0v) is 29.4. The number of hydrogen-bond donors (Lipinski definition) is 6. The summed E-state index contributed by atoms with van der Waals surface area (Å²) in [6, 6.07) is 0. The lowest BCUT2D eigenvalue weighted by molar-refractivity contribution is -0.220. The summed E-state index contributed by atoms with van der Waals surface area (Å²) in [7, 11) is -5.09. The lowest BCUT2D eigenvalue weighted by Gasteiger charge is -2.41. The van der Waals surface area contributed by atoms with E-state index in [0.29, 0.717) is 12.8 Å². The van der Waals surface area contributed by atoms with Crippen molar-refractivity contribution in [2.75, 3.05) is 13.2 Å². The fourth-order valence-electron chi connectivity index (χ4n) is 4.87. The normalized spacial score (nSPS) is 25.1. The molecule has 0 aromatic rings. The Morgan fingerprint density at radius 1 is 0.667 bits per heavy atom. The zero-order valence-electron chi connectivity index (χ0n) is 28.5. The predicted octanol–water partition coefficient (Wildman–Crippen LogP) is 4.32. The Labute approximate surface area is 285 Å². The lowest BCUT2D eigenvalue weighted by atomic mass is 9.85. The summed E-state index contributed by atoms with van der Waals surface area (Å²) in [5, 5.41) is 49.5. The van der Waals surface area contributed by atoms with Gasteiger partial charge in [0.15, 0.2) is 6.10 Å². The van der Waals surface area contributed by atoms with Gasteiger partial charge in [-0.3, -0.25) is 18.6 Å². The van der Waals surface area contributed by atoms with Crippen molar-refractivity contribution in [2.45, 2.75) is 153 Å². The van der Waals surface area contributed by atoms with Crippen LogP contribution < -0.4 is 0 Å². The number of phosphoric acid groups is 1. The number of rotatable bonds is 26. The summed E-state index contributed by atoms with van der Waals surface area (Å²) < 4.78 is 32.8. The summed E-state index contributed by atoms with van der Waals surface area (Å²) in [6.07, 6.45) is 12.3. The average molecular weight is 707 g/mol. The minimum Gasteiger partial charge on any atom is -0.462 e. The molecule has 1 rings (SSSR count). The number of ether oxygens (including phenoxy) is 2. The number of unbranched alkanes of at least 4 members (excludes halogenated alkanes) is 8. The fraction of sp³-hybridized carbons (Fsp3) is 0.765. The van der Waals surface area contributed by atoms with Crippen molar-refractivity contribution < 1.29 is 63.1 Å². The molecule has 0 aromatic carbocycles. The van der Waals surface area contributed by atoms with Gasteiger partial charge in [0, 0.05) is 12.8 Å². The first-order valence-electron chi connectivity index (χ1n) is 17.3. The van der Waals surface area contributed by atoms with Gasteiger partial charge in [-0.05, 0) is 44.9 Å². The van der Waals surface area contributed by atoms with Gasteiger partial charge < -0.3 is 39.9 Å². The molecule has 0 heterocycles. The summed E-state index contributed by atoms with van der Waals surface area (Å²) in [4.78, 5) is 34.7. The van der Waals surface area contributed by atoms with E-state index in [1.54, 1.807) is 0 Å². The minimum atomic E-state index is -5.09. The first-order valence-corrected chi connectivity index (χ1v) is 18.8. The van der Waals surface area contributed by atoms with Crippen molar-refractivity contribution in [3.05, 3.63) is 36.5 Å². The smallest absolute Gasteiger partial charge is 0.462 e. The summed E-state index contributed by atoms with van der Waals surface area (Å²) >= 11 is 0. The van der Waals surface area contributed by atoms with Crippen LogP contribution >= 0.6 is 7.82 Å². The third-order valence-corrected chi connectivity index (χ3v) is 8.73. The quantitative estimate of drug-likeness (QED) is 0.0321. The molecule has 0 radical (unpaired) electrons. The number of aliphatic hydroxyl groups is 5. The Hall–Kier alpha value is -1.93. The maximum absolute atomic E-state index is 12.6. The monoisotopic (exact) mass is 706 g/mol. The molecule has 6 N–H and O–H groups in total. The van der Waals surface area contributed by atoms with Crippen molar-refractivity contribution in [1.29, 1.82) is 0 Å². The second kappa shape index (κ2) is 26.0. The first kappa shape index (κ1) is 44.1. The van der Waals surface area contributed by atoms with Crippen LogP contribution in [0.2, 0.25) is 0 Å². The van der Waals surface area contributed by atoms with E-state index < -0.39 is 75.7 Å². The highest BCUT2D eigenvalue weighted by molar-refractivity contribution is 7.47. The second-order valence-electron chi connectivity index (χ2n) is 12.0. The molecule has 48 heavy (non-hydrogen) atoms. The molecule has 6 unspecified atom stereocenters. The largest absolute Gasteiger partial charge is 0.472 e. The van der Waals surface area contributed by atoms with Crippen molar-refractivity contribution in [2.24, 2.45) is 0 Å². The van der Waals surface area contributed by atoms with Crippen molar-refractivity contribution in [3.8, 4) is 0 Å². The van der Waals surface area contributed by atoms with E-state index in [1.807, 2.05) is 6.92 Å². The molecule has 6 atom stereocenters. The molecule has 0 amide bonds. The van der Waals surface area contributed by atoms with Crippen LogP contribution in [0.3, 0.4) is 0 Å². The third-order valence-electron chi connectivity index (χ3n) is 7.75. The Kier molecular flexibility index (Phi) is 23.8. The Morgan fingerprint density at radius 3 is 1.79 bits per heavy atom. The molecule has 1 saturated carbocycles. The minimum absolute atomic E-state index is 0.0836. The molecule has 278 valence electrons. The summed E-state index contributed by atoms with van der Waals surface area (Å²) in [6.45, 7) is 2.83. The highest BCUT2D eigenvalue weighted by Crippen LogP contribution is 2.47. The van der Waals surface area contributed by atoms with Gasteiger partial charge >= 0.3 is 19.8 Å². The number of carbonyl (C=O) groups is 2. The van der Waals surface area contributed by atoms with E-state index in [0.717, 1.165) is 70.6 Å². The molecular weight excluding hydrogens is 647 g/mol. The van der Waals surface area contributed by atoms with Crippen LogP contribution in [0.1, 0.15) is 110 Å². The SMILES string of the molecule is CC/C=C\C/C=C\C/C=C\CCCCCCCCCC(=O)OC(COC(=O)CCCC)COP(=O)(O)OC1C(O)C(O)C(O)C(O)C1O. The van der Waals surface area contributed by atoms with Crippen LogP contribution in [0.4, 0.5) is 0 Å². The van der Waals surface area contributed by atoms with Crippen molar-refractivity contribution in [1.82, 2.24) is 0 Å². The van der Waals surface area contributed by atoms with Gasteiger partial charge in [0.05, 0.1) is 6.61 Å². The van der Waals surface area contributed by atoms with Gasteiger partial charge in [-0.25, -0.2) is 4.57 Å². The van der Waals surface area contributed by atoms with E-state index in [1.165, 1.54) is 0 Å². The number of phosphoric ester groups is 1. The Bertz CT molecular complexity index is 1000. The first-order chi connectivity index (χ1) is 22.9. The second-order valence-corrected chi connectivity index (χ2v) is 13.4. The third kappa shape index (κ3) is 19.3. The molecular formula is C34H59O13P. The number of aliphatic hydroxyl groups excluding tert-OH is 5. The van der Waals surface area contributed by atoms with E-state index >= 15 is 0 Å². The Morgan fingerprint density at radius 2 is 1.19 bits per heavy atom. The van der Waals surface area contributed by atoms with Crippen molar-refractivity contribution >= 4 is 19.8 Å². The fourth-order valence-corrected chi connectivity index (χ4v) is 5.84. The van der Waals surface area contributed by atoms with Gasteiger partial charge in [-0.1, -0.05) is 88.8 Å². The van der Waals surface area contributed by atoms with E-state index in [-0.39, 0.29) is 12.8 Å². The maximum Gasteiger partial charge on any atom is 0.472 e. The maximum atomic E-state index is 12.6. The van der Waals surface area contributed by atoms with Crippen LogP contribution in [-0.4, -0.2) is 98.3 Å². The molecule has 0 aromatic heterocycles. The number of esters is 2. The molecule has 0 saturated heterocycles. The van der Waals surface area contributed by atoms with Gasteiger partial charge in [0.1, 0.15) is 43.2 Å². The predicted molar refractivity (Wildman–Crippen MR) is 180 cm³/mol. The average Bonchev–Trinajstić information content (AvgIpc) is 3.06. The molecule has 0 spiro atoms. The zero-order chi connectivity index (χ0) is 35.8. The highest BCUT2D eigenvalue weighted by atomic mass is 31.2. The number of carbonyl (C=O) groups excluding carboxylic acids is 2.